The van der Waals surface area contributed by atoms with Gasteiger partial charge in [-0.25, -0.2) is 0 Å². The summed E-state index contributed by atoms with van der Waals surface area (Å²) in [6.07, 6.45) is 3.60. The minimum Gasteiger partial charge on any atom is -0.342 e. The quantitative estimate of drug-likeness (QED) is 0.672. The number of amides is 2. The average molecular weight is 469 g/mol. The number of pyridine rings is 1. The minimum absolute atomic E-state index is 0.00456. The van der Waals surface area contributed by atoms with Gasteiger partial charge in [-0.2, -0.15) is 0 Å². The van der Waals surface area contributed by atoms with Crippen LogP contribution in [0.4, 0.5) is 0 Å². The number of halogens is 2. The van der Waals surface area contributed by atoms with E-state index in [2.05, 4.69) is 14.2 Å². The Morgan fingerprint density at radius 3 is 2.67 bits per heavy atom. The van der Waals surface area contributed by atoms with Crippen LogP contribution in [0.5, 0.6) is 0 Å². The monoisotopic (exact) mass is 468 g/mol. The number of nitrogens with zero attached hydrogens (tertiary/aromatic N) is 3. The van der Waals surface area contributed by atoms with E-state index in [1.54, 1.807) is 22.9 Å². The van der Waals surface area contributed by atoms with E-state index in [9.17, 15) is 9.59 Å². The summed E-state index contributed by atoms with van der Waals surface area (Å²) in [4.78, 5) is 33.8. The first kappa shape index (κ1) is 23.2. The SMILES string of the molecule is Cc1nc2c(c(C3C(Cl)=CC(Cl)=CC3P)c1CN)C(=O)N(CC(=O)N(C)C(C)C)C2. The van der Waals surface area contributed by atoms with Gasteiger partial charge >= 0.3 is 0 Å². The van der Waals surface area contributed by atoms with Crippen molar-refractivity contribution in [1.82, 2.24) is 14.8 Å². The molecule has 0 saturated heterocycles. The number of hydrogen-bond acceptors (Lipinski definition) is 4. The Morgan fingerprint density at radius 2 is 2.10 bits per heavy atom. The molecule has 9 heteroatoms. The van der Waals surface area contributed by atoms with Gasteiger partial charge in [-0.1, -0.05) is 29.3 Å². The fourth-order valence-electron chi connectivity index (χ4n) is 3.95. The highest BCUT2D eigenvalue weighted by Gasteiger charge is 2.39. The van der Waals surface area contributed by atoms with Crippen LogP contribution in [0.3, 0.4) is 0 Å². The number of rotatable bonds is 5. The van der Waals surface area contributed by atoms with Gasteiger partial charge in [0.25, 0.3) is 5.91 Å². The first-order chi connectivity index (χ1) is 14.1. The van der Waals surface area contributed by atoms with Gasteiger partial charge in [0.2, 0.25) is 5.91 Å². The second-order valence-electron chi connectivity index (χ2n) is 8.01. The van der Waals surface area contributed by atoms with Crippen LogP contribution >= 0.6 is 32.4 Å². The van der Waals surface area contributed by atoms with Gasteiger partial charge in [0.1, 0.15) is 6.54 Å². The highest BCUT2D eigenvalue weighted by Crippen LogP contribution is 2.45. The molecule has 2 amide bonds. The predicted molar refractivity (Wildman–Crippen MR) is 124 cm³/mol. The van der Waals surface area contributed by atoms with E-state index < -0.39 is 0 Å². The average Bonchev–Trinajstić information content (AvgIpc) is 2.94. The van der Waals surface area contributed by atoms with Crippen LogP contribution < -0.4 is 5.73 Å². The number of allylic oxidation sites excluding steroid dienone is 4. The summed E-state index contributed by atoms with van der Waals surface area (Å²) < 4.78 is 0. The minimum atomic E-state index is -0.272. The number of fused-ring (bicyclic) bond motifs is 1. The standard InChI is InChI=1S/C21H27Cl2N4O2P/c1-10(2)26(4)17(28)9-27-8-15-20(21(27)29)18(13(7-24)11(3)25-15)19-14(23)5-12(22)6-16(19)30/h5-6,10,16,19H,7-9,24,30H2,1-4H3. The summed E-state index contributed by atoms with van der Waals surface area (Å²) in [5.74, 6) is -0.598. The van der Waals surface area contributed by atoms with Gasteiger partial charge in [0, 0.05) is 47.0 Å². The molecule has 3 rings (SSSR count). The number of carbonyl (C=O) groups excluding carboxylic acids is 2. The molecule has 6 nitrogen and oxygen atoms in total. The van der Waals surface area contributed by atoms with Crippen molar-refractivity contribution in [3.8, 4) is 0 Å². The Morgan fingerprint density at radius 1 is 1.43 bits per heavy atom. The molecule has 0 saturated carbocycles. The lowest BCUT2D eigenvalue weighted by atomic mass is 9.84. The molecule has 162 valence electrons. The molecule has 1 aliphatic heterocycles. The van der Waals surface area contributed by atoms with Crippen molar-refractivity contribution in [3.63, 3.8) is 0 Å². The van der Waals surface area contributed by atoms with Crippen LogP contribution in [-0.2, 0) is 17.9 Å². The Hall–Kier alpha value is -1.46. The smallest absolute Gasteiger partial charge is 0.256 e. The molecule has 3 atom stereocenters. The summed E-state index contributed by atoms with van der Waals surface area (Å²) in [5.41, 5.74) is 9.51. The summed E-state index contributed by atoms with van der Waals surface area (Å²) in [6, 6.07) is 0.0537. The van der Waals surface area contributed by atoms with Crippen molar-refractivity contribution in [2.75, 3.05) is 13.6 Å². The number of carbonyl (C=O) groups is 2. The van der Waals surface area contributed by atoms with E-state index in [-0.39, 0.29) is 49.1 Å². The lowest BCUT2D eigenvalue weighted by Gasteiger charge is -2.29. The number of nitrogens with two attached hydrogens (primary N) is 1. The van der Waals surface area contributed by atoms with E-state index in [1.807, 2.05) is 26.8 Å². The van der Waals surface area contributed by atoms with Gasteiger partial charge in [-0.3, -0.25) is 14.6 Å². The fraction of sp³-hybridized carbons (Fsp3) is 0.476. The maximum absolute atomic E-state index is 13.4. The molecule has 0 radical (unpaired) electrons. The van der Waals surface area contributed by atoms with E-state index in [1.165, 1.54) is 0 Å². The molecule has 1 aliphatic carbocycles. The third-order valence-corrected chi connectivity index (χ3v) is 6.94. The van der Waals surface area contributed by atoms with Gasteiger partial charge in [0.15, 0.2) is 0 Å². The van der Waals surface area contributed by atoms with E-state index in [4.69, 9.17) is 28.9 Å². The lowest BCUT2D eigenvalue weighted by Crippen LogP contribution is -2.41. The van der Waals surface area contributed by atoms with Crippen LogP contribution in [0.15, 0.2) is 22.2 Å². The molecule has 2 N–H and O–H groups in total. The van der Waals surface area contributed by atoms with Gasteiger partial charge < -0.3 is 15.5 Å². The summed E-state index contributed by atoms with van der Waals surface area (Å²) in [7, 11) is 4.48. The summed E-state index contributed by atoms with van der Waals surface area (Å²) in [5, 5.41) is 1.11. The van der Waals surface area contributed by atoms with Crippen LogP contribution in [0.25, 0.3) is 0 Å². The Bertz CT molecular complexity index is 961. The van der Waals surface area contributed by atoms with Crippen molar-refractivity contribution in [1.29, 1.82) is 0 Å². The zero-order valence-corrected chi connectivity index (χ0v) is 20.2. The molecular weight excluding hydrogens is 442 g/mol. The molecule has 2 aliphatic rings. The van der Waals surface area contributed by atoms with Gasteiger partial charge in [-0.15, -0.1) is 9.24 Å². The summed E-state index contributed by atoms with van der Waals surface area (Å²) in [6.45, 7) is 6.28. The molecule has 0 spiro atoms. The van der Waals surface area contributed by atoms with Crippen molar-refractivity contribution in [3.05, 3.63) is 50.3 Å². The third-order valence-electron chi connectivity index (χ3n) is 5.78. The highest BCUT2D eigenvalue weighted by molar-refractivity contribution is 7.18. The predicted octanol–water partition coefficient (Wildman–Crippen LogP) is 3.26. The van der Waals surface area contributed by atoms with Crippen molar-refractivity contribution >= 4 is 44.3 Å². The van der Waals surface area contributed by atoms with Crippen LogP contribution in [0.1, 0.15) is 52.6 Å². The molecule has 1 aromatic rings. The van der Waals surface area contributed by atoms with Crippen molar-refractivity contribution in [2.45, 2.75) is 51.5 Å². The zero-order chi connectivity index (χ0) is 22.3. The van der Waals surface area contributed by atoms with Crippen LogP contribution in [-0.4, -0.2) is 51.9 Å². The maximum Gasteiger partial charge on any atom is 0.256 e. The van der Waals surface area contributed by atoms with Crippen LogP contribution in [0, 0.1) is 6.92 Å². The van der Waals surface area contributed by atoms with Crippen molar-refractivity contribution in [2.24, 2.45) is 5.73 Å². The van der Waals surface area contributed by atoms with E-state index in [0.717, 1.165) is 16.8 Å². The zero-order valence-electron chi connectivity index (χ0n) is 17.6. The Labute approximate surface area is 189 Å². The van der Waals surface area contributed by atoms with E-state index >= 15 is 0 Å². The molecule has 0 bridgehead atoms. The first-order valence-corrected chi connectivity index (χ1v) is 11.3. The second kappa shape index (κ2) is 8.96. The number of aromatic nitrogens is 1. The lowest BCUT2D eigenvalue weighted by molar-refractivity contribution is -0.132. The molecular formula is C21H27Cl2N4O2P. The molecule has 30 heavy (non-hydrogen) atoms. The van der Waals surface area contributed by atoms with E-state index in [0.29, 0.717) is 21.3 Å². The third kappa shape index (κ3) is 4.16. The second-order valence-corrected chi connectivity index (χ2v) is 9.65. The Balaban J connectivity index is 2.06. The van der Waals surface area contributed by atoms with Crippen molar-refractivity contribution < 1.29 is 9.59 Å². The number of likely N-dealkylation sites (N-methyl/N-ethyl adjacent to an activating group) is 1. The molecule has 3 unspecified atom stereocenters. The van der Waals surface area contributed by atoms with Crippen LogP contribution in [0.2, 0.25) is 0 Å². The topological polar surface area (TPSA) is 79.5 Å². The normalized spacial score (nSPS) is 21.0. The highest BCUT2D eigenvalue weighted by atomic mass is 35.5. The molecule has 0 fully saturated rings. The first-order valence-electron chi connectivity index (χ1n) is 9.84. The maximum atomic E-state index is 13.4. The fourth-order valence-corrected chi connectivity index (χ4v) is 5.49. The summed E-state index contributed by atoms with van der Waals surface area (Å²) >= 11 is 12.8. The molecule has 0 aromatic carbocycles. The molecule has 2 heterocycles. The van der Waals surface area contributed by atoms with Gasteiger partial charge in [0.05, 0.1) is 17.8 Å². The Kier molecular flexibility index (Phi) is 6.93. The number of aryl methyl sites for hydroxylation is 1. The number of hydrogen-bond donors (Lipinski definition) is 1. The van der Waals surface area contributed by atoms with Gasteiger partial charge in [-0.05, 0) is 38.0 Å². The molecule has 1 aromatic heterocycles. The largest absolute Gasteiger partial charge is 0.342 e.